The molecule has 0 saturated carbocycles. The Hall–Kier alpha value is -4.53. The second kappa shape index (κ2) is 18.9. The molecule has 1 aromatic rings. The van der Waals surface area contributed by atoms with Gasteiger partial charge in [0.1, 0.15) is 12.1 Å². The lowest BCUT2D eigenvalue weighted by Gasteiger charge is -2.25. The van der Waals surface area contributed by atoms with Crippen molar-refractivity contribution in [3.05, 3.63) is 35.9 Å². The Morgan fingerprint density at radius 2 is 1.57 bits per heavy atom. The minimum atomic E-state index is -1.43. The fourth-order valence-electron chi connectivity index (χ4n) is 4.78. The number of carboxylic acids is 1. The van der Waals surface area contributed by atoms with Gasteiger partial charge in [0, 0.05) is 18.9 Å². The molecule has 1 aliphatic rings. The lowest BCUT2D eigenvalue weighted by molar-refractivity contribution is -0.140. The molecule has 0 bridgehead atoms. The monoisotopic (exact) mass is 616 g/mol. The number of ketones is 1. The number of nitrogens with two attached hydrogens (primary N) is 1. The highest BCUT2D eigenvalue weighted by Crippen LogP contribution is 2.17. The normalized spacial score (nSPS) is 22.0. The molecular weight excluding hydrogens is 572 g/mol. The molecule has 10 N–H and O–H groups in total. The number of carboxylic acid groups (broad SMARTS) is 1. The van der Waals surface area contributed by atoms with Crippen molar-refractivity contribution < 1.29 is 33.9 Å². The van der Waals surface area contributed by atoms with Gasteiger partial charge < -0.3 is 42.7 Å². The Morgan fingerprint density at radius 3 is 2.23 bits per heavy atom. The molecule has 1 aliphatic heterocycles. The summed E-state index contributed by atoms with van der Waals surface area (Å²) in [4.78, 5) is 77.8. The standard InChI is InChI=1S/C29H44N8O7/c1-32-12-6-5-10-21-28(44)37-20(11-7-13-33-29(30)31)27(43)34-17-24(39)35-22(16-25(40)41)23(38)15-19(26(42)36-21)14-18-8-3-2-4-9-18/h2-4,8-9,19-22,32H,5-7,10-17H2,1H3,(H,34,43)(H,35,39)(H,36,42)(H,37,44)(H,40,41)(H4,30,31,33)/t19-,20-,21-,22-/m0/s1. The van der Waals surface area contributed by atoms with Crippen molar-refractivity contribution in [3.63, 3.8) is 0 Å². The van der Waals surface area contributed by atoms with E-state index in [1.165, 1.54) is 0 Å². The van der Waals surface area contributed by atoms with Gasteiger partial charge in [0.05, 0.1) is 19.0 Å². The summed E-state index contributed by atoms with van der Waals surface area (Å²) in [5.74, 6) is -5.89. The molecule has 0 radical (unpaired) electrons. The molecule has 4 atom stereocenters. The molecule has 1 saturated heterocycles. The average Bonchev–Trinajstić information content (AvgIpc) is 2.97. The average molecular weight is 617 g/mol. The maximum Gasteiger partial charge on any atom is 0.305 e. The molecule has 242 valence electrons. The summed E-state index contributed by atoms with van der Waals surface area (Å²) in [6, 6.07) is 5.38. The zero-order valence-electron chi connectivity index (χ0n) is 24.9. The highest BCUT2D eigenvalue weighted by Gasteiger charge is 2.33. The van der Waals surface area contributed by atoms with Crippen LogP contribution in [-0.4, -0.2) is 91.3 Å². The minimum absolute atomic E-state index is 0.122. The van der Waals surface area contributed by atoms with Crippen LogP contribution in [0.4, 0.5) is 0 Å². The Morgan fingerprint density at radius 1 is 0.909 bits per heavy atom. The van der Waals surface area contributed by atoms with Crippen molar-refractivity contribution in [1.82, 2.24) is 31.9 Å². The van der Waals surface area contributed by atoms with Crippen LogP contribution in [0.25, 0.3) is 0 Å². The number of Topliss-reactive ketones (excluding diaryl/α,β-unsaturated/α-hetero) is 1. The second-order valence-electron chi connectivity index (χ2n) is 10.7. The number of rotatable bonds is 13. The Kier molecular flexibility index (Phi) is 15.3. The molecule has 1 heterocycles. The lowest BCUT2D eigenvalue weighted by atomic mass is 9.90. The van der Waals surface area contributed by atoms with E-state index in [9.17, 15) is 33.9 Å². The van der Waals surface area contributed by atoms with Gasteiger partial charge in [0.25, 0.3) is 0 Å². The Bertz CT molecular complexity index is 1160. The van der Waals surface area contributed by atoms with Crippen LogP contribution in [0.1, 0.15) is 50.5 Å². The van der Waals surface area contributed by atoms with E-state index < -0.39 is 72.4 Å². The fraction of sp³-hybridized carbons (Fsp3) is 0.552. The van der Waals surface area contributed by atoms with Crippen molar-refractivity contribution in [3.8, 4) is 0 Å². The summed E-state index contributed by atoms with van der Waals surface area (Å²) in [5.41, 5.74) is 6.07. The summed E-state index contributed by atoms with van der Waals surface area (Å²) in [6.07, 6.45) is 1.03. The smallest absolute Gasteiger partial charge is 0.305 e. The molecule has 15 heteroatoms. The highest BCUT2D eigenvalue weighted by molar-refractivity contribution is 5.98. The molecule has 44 heavy (non-hydrogen) atoms. The van der Waals surface area contributed by atoms with Crippen LogP contribution in [0.3, 0.4) is 0 Å². The second-order valence-corrected chi connectivity index (χ2v) is 10.7. The SMILES string of the molecule is CNCCCC[C@@H]1NC(=O)[C@@H](Cc2ccccc2)CC(=O)[C@H](CC(=O)O)NC(=O)CNC(=O)[C@H](CCCNC(=N)N)NC1=O. The van der Waals surface area contributed by atoms with E-state index in [1.807, 2.05) is 0 Å². The van der Waals surface area contributed by atoms with Crippen molar-refractivity contribution in [2.75, 3.05) is 26.7 Å². The molecule has 0 spiro atoms. The topological polar surface area (TPSA) is 245 Å². The van der Waals surface area contributed by atoms with Gasteiger partial charge in [-0.15, -0.1) is 0 Å². The molecule has 0 aromatic heterocycles. The quantitative estimate of drug-likeness (QED) is 0.0706. The highest BCUT2D eigenvalue weighted by atomic mass is 16.4. The number of nitrogens with one attached hydrogen (secondary N) is 7. The predicted octanol–water partition coefficient (Wildman–Crippen LogP) is -1.48. The van der Waals surface area contributed by atoms with Crippen LogP contribution in [0.5, 0.6) is 0 Å². The van der Waals surface area contributed by atoms with Crippen molar-refractivity contribution >= 4 is 41.3 Å². The van der Waals surface area contributed by atoms with E-state index in [1.54, 1.807) is 37.4 Å². The van der Waals surface area contributed by atoms with Crippen LogP contribution < -0.4 is 37.6 Å². The first kappa shape index (κ1) is 35.7. The number of unbranched alkanes of at least 4 members (excludes halogenated alkanes) is 1. The van der Waals surface area contributed by atoms with Crippen LogP contribution in [0.15, 0.2) is 30.3 Å². The summed E-state index contributed by atoms with van der Waals surface area (Å²) < 4.78 is 0. The van der Waals surface area contributed by atoms with Crippen LogP contribution in [0, 0.1) is 11.3 Å². The number of guanidine groups is 1. The maximum atomic E-state index is 13.7. The molecule has 4 amide bonds. The molecule has 1 aromatic carbocycles. The van der Waals surface area contributed by atoms with E-state index in [0.29, 0.717) is 25.8 Å². The number of carbonyl (C=O) groups excluding carboxylic acids is 5. The first-order chi connectivity index (χ1) is 21.0. The van der Waals surface area contributed by atoms with Crippen molar-refractivity contribution in [1.29, 1.82) is 5.41 Å². The van der Waals surface area contributed by atoms with Gasteiger partial charge in [-0.3, -0.25) is 34.2 Å². The van der Waals surface area contributed by atoms with E-state index in [4.69, 9.17) is 11.1 Å². The van der Waals surface area contributed by atoms with Gasteiger partial charge in [-0.1, -0.05) is 30.3 Å². The number of aliphatic carboxylic acids is 1. The van der Waals surface area contributed by atoms with Gasteiger partial charge in [-0.05, 0) is 57.7 Å². The Balaban J connectivity index is 2.43. The third-order valence-electron chi connectivity index (χ3n) is 7.09. The minimum Gasteiger partial charge on any atom is -0.481 e. The van der Waals surface area contributed by atoms with Crippen molar-refractivity contribution in [2.24, 2.45) is 11.7 Å². The molecule has 0 unspecified atom stereocenters. The summed E-state index contributed by atoms with van der Waals surface area (Å²) in [7, 11) is 1.80. The zero-order chi connectivity index (χ0) is 32.5. The van der Waals surface area contributed by atoms with Gasteiger partial charge in [0.2, 0.25) is 23.6 Å². The molecular formula is C29H44N8O7. The molecule has 0 aliphatic carbocycles. The van der Waals surface area contributed by atoms with Crippen molar-refractivity contribution in [2.45, 2.75) is 69.5 Å². The van der Waals surface area contributed by atoms with Gasteiger partial charge in [-0.2, -0.15) is 0 Å². The van der Waals surface area contributed by atoms with E-state index in [0.717, 1.165) is 5.56 Å². The fourth-order valence-corrected chi connectivity index (χ4v) is 4.78. The number of benzene rings is 1. The van der Waals surface area contributed by atoms with Gasteiger partial charge in [0.15, 0.2) is 11.7 Å². The first-order valence-electron chi connectivity index (χ1n) is 14.7. The van der Waals surface area contributed by atoms with Crippen LogP contribution in [0.2, 0.25) is 0 Å². The number of hydrogen-bond acceptors (Lipinski definition) is 8. The number of hydrogen-bond donors (Lipinski definition) is 9. The van der Waals surface area contributed by atoms with E-state index >= 15 is 0 Å². The Labute approximate surface area is 256 Å². The van der Waals surface area contributed by atoms with Gasteiger partial charge in [-0.25, -0.2) is 0 Å². The first-order valence-corrected chi connectivity index (χ1v) is 14.7. The summed E-state index contributed by atoms with van der Waals surface area (Å²) >= 11 is 0. The van der Waals surface area contributed by atoms with Crippen LogP contribution in [-0.2, 0) is 35.2 Å². The molecule has 1 fully saturated rings. The predicted molar refractivity (Wildman–Crippen MR) is 161 cm³/mol. The largest absolute Gasteiger partial charge is 0.481 e. The number of carbonyl (C=O) groups is 6. The maximum absolute atomic E-state index is 13.7. The third-order valence-corrected chi connectivity index (χ3v) is 7.09. The van der Waals surface area contributed by atoms with Crippen LogP contribution >= 0.6 is 0 Å². The summed E-state index contributed by atoms with van der Waals surface area (Å²) in [6.45, 7) is 0.367. The lowest BCUT2D eigenvalue weighted by Crippen LogP contribution is -2.55. The third kappa shape index (κ3) is 13.2. The molecule has 2 rings (SSSR count). The zero-order valence-corrected chi connectivity index (χ0v) is 24.9. The van der Waals surface area contributed by atoms with E-state index in [-0.39, 0.29) is 38.2 Å². The number of amides is 4. The molecule has 15 nitrogen and oxygen atoms in total. The van der Waals surface area contributed by atoms with E-state index in [2.05, 4.69) is 31.9 Å². The summed E-state index contributed by atoms with van der Waals surface area (Å²) in [5, 5.41) is 32.6. The van der Waals surface area contributed by atoms with Gasteiger partial charge >= 0.3 is 5.97 Å².